The van der Waals surface area contributed by atoms with Gasteiger partial charge < -0.3 is 16.0 Å². The van der Waals surface area contributed by atoms with Gasteiger partial charge in [0.05, 0.1) is 16.9 Å². The Labute approximate surface area is 157 Å². The van der Waals surface area contributed by atoms with E-state index in [1.54, 1.807) is 28.9 Å². The predicted octanol–water partition coefficient (Wildman–Crippen LogP) is 1.18. The van der Waals surface area contributed by atoms with Crippen LogP contribution < -0.4 is 16.0 Å². The van der Waals surface area contributed by atoms with Crippen LogP contribution in [0.15, 0.2) is 24.3 Å². The highest BCUT2D eigenvalue weighted by atomic mass is 16.2. The quantitative estimate of drug-likeness (QED) is 0.736. The van der Waals surface area contributed by atoms with Crippen molar-refractivity contribution < 1.29 is 14.4 Å². The Bertz CT molecular complexity index is 903. The summed E-state index contributed by atoms with van der Waals surface area (Å²) < 4.78 is 1.78. The van der Waals surface area contributed by atoms with Gasteiger partial charge in [0.2, 0.25) is 11.8 Å². The maximum absolute atomic E-state index is 12.3. The molecule has 0 bridgehead atoms. The van der Waals surface area contributed by atoms with Crippen molar-refractivity contribution >= 4 is 23.4 Å². The third-order valence-electron chi connectivity index (χ3n) is 4.83. The van der Waals surface area contributed by atoms with Crippen molar-refractivity contribution in [3.63, 3.8) is 0 Å². The SMILES string of the molecule is Cc1nn(C)c(C)c1CNC(=O)CCC1NC(=O)c2ccccc2NC1=O. The number of amides is 3. The molecule has 27 heavy (non-hydrogen) atoms. The lowest BCUT2D eigenvalue weighted by molar-refractivity contribution is -0.122. The number of hydrogen-bond acceptors (Lipinski definition) is 4. The van der Waals surface area contributed by atoms with Gasteiger partial charge in [-0.25, -0.2) is 0 Å². The number of hydrogen-bond donors (Lipinski definition) is 3. The largest absolute Gasteiger partial charge is 0.352 e. The predicted molar refractivity (Wildman–Crippen MR) is 100 cm³/mol. The number of rotatable bonds is 5. The zero-order valence-corrected chi connectivity index (χ0v) is 15.6. The summed E-state index contributed by atoms with van der Waals surface area (Å²) in [5.74, 6) is -0.822. The van der Waals surface area contributed by atoms with Gasteiger partial charge in [0.25, 0.3) is 5.91 Å². The summed E-state index contributed by atoms with van der Waals surface area (Å²) in [6.07, 6.45) is 0.357. The van der Waals surface area contributed by atoms with Crippen molar-refractivity contribution in [2.45, 2.75) is 39.3 Å². The van der Waals surface area contributed by atoms with Gasteiger partial charge in [-0.3, -0.25) is 19.1 Å². The summed E-state index contributed by atoms with van der Waals surface area (Å²) in [5, 5.41) is 12.6. The van der Waals surface area contributed by atoms with Gasteiger partial charge in [0.1, 0.15) is 6.04 Å². The van der Waals surface area contributed by atoms with Crippen LogP contribution in [-0.4, -0.2) is 33.5 Å². The van der Waals surface area contributed by atoms with E-state index in [-0.39, 0.29) is 30.6 Å². The van der Waals surface area contributed by atoms with Gasteiger partial charge in [-0.05, 0) is 32.4 Å². The average molecular weight is 369 g/mol. The monoisotopic (exact) mass is 369 g/mol. The first kappa shape index (κ1) is 18.6. The summed E-state index contributed by atoms with van der Waals surface area (Å²) >= 11 is 0. The topological polar surface area (TPSA) is 105 Å². The molecule has 142 valence electrons. The number of benzene rings is 1. The molecule has 0 aliphatic carbocycles. The van der Waals surface area contributed by atoms with Crippen LogP contribution >= 0.6 is 0 Å². The van der Waals surface area contributed by atoms with Gasteiger partial charge in [-0.2, -0.15) is 5.10 Å². The van der Waals surface area contributed by atoms with E-state index in [0.29, 0.717) is 17.8 Å². The fraction of sp³-hybridized carbons (Fsp3) is 0.368. The van der Waals surface area contributed by atoms with Crippen molar-refractivity contribution in [2.24, 2.45) is 7.05 Å². The molecule has 0 saturated heterocycles. The number of anilines is 1. The zero-order valence-electron chi connectivity index (χ0n) is 15.6. The lowest BCUT2D eigenvalue weighted by atomic mass is 10.1. The van der Waals surface area contributed by atoms with Crippen molar-refractivity contribution in [1.29, 1.82) is 0 Å². The van der Waals surface area contributed by atoms with Crippen LogP contribution in [0.5, 0.6) is 0 Å². The summed E-state index contributed by atoms with van der Waals surface area (Å²) in [6, 6.07) is 6.07. The first-order valence-corrected chi connectivity index (χ1v) is 8.83. The van der Waals surface area contributed by atoms with Gasteiger partial charge in [0, 0.05) is 31.3 Å². The minimum Gasteiger partial charge on any atom is -0.352 e. The maximum atomic E-state index is 12.3. The fourth-order valence-electron chi connectivity index (χ4n) is 3.14. The first-order chi connectivity index (χ1) is 12.9. The van der Waals surface area contributed by atoms with Crippen molar-refractivity contribution in [2.75, 3.05) is 5.32 Å². The number of carbonyl (C=O) groups is 3. The number of para-hydroxylation sites is 1. The van der Waals surface area contributed by atoms with E-state index < -0.39 is 6.04 Å². The van der Waals surface area contributed by atoms with E-state index in [1.165, 1.54) is 0 Å². The third-order valence-corrected chi connectivity index (χ3v) is 4.83. The van der Waals surface area contributed by atoms with Crippen LogP contribution in [0.3, 0.4) is 0 Å². The molecule has 2 aromatic rings. The van der Waals surface area contributed by atoms with Gasteiger partial charge in [-0.15, -0.1) is 0 Å². The van der Waals surface area contributed by atoms with Crippen LogP contribution in [0, 0.1) is 13.8 Å². The highest BCUT2D eigenvalue weighted by molar-refractivity contribution is 6.09. The third kappa shape index (κ3) is 3.99. The zero-order chi connectivity index (χ0) is 19.6. The average Bonchev–Trinajstić information content (AvgIpc) is 2.80. The van der Waals surface area contributed by atoms with Crippen molar-refractivity contribution in [3.8, 4) is 0 Å². The lowest BCUT2D eigenvalue weighted by Crippen LogP contribution is -2.42. The summed E-state index contributed by atoms with van der Waals surface area (Å²) in [7, 11) is 1.86. The van der Waals surface area contributed by atoms with Crippen molar-refractivity contribution in [1.82, 2.24) is 20.4 Å². The molecule has 1 unspecified atom stereocenters. The smallest absolute Gasteiger partial charge is 0.254 e. The Morgan fingerprint density at radius 3 is 2.70 bits per heavy atom. The van der Waals surface area contributed by atoms with Crippen LogP contribution in [-0.2, 0) is 23.2 Å². The van der Waals surface area contributed by atoms with E-state index in [0.717, 1.165) is 17.0 Å². The molecule has 0 fully saturated rings. The first-order valence-electron chi connectivity index (χ1n) is 8.83. The summed E-state index contributed by atoms with van der Waals surface area (Å²) in [4.78, 5) is 36.8. The second-order valence-corrected chi connectivity index (χ2v) is 6.65. The molecule has 2 heterocycles. The molecule has 3 N–H and O–H groups in total. The minimum atomic E-state index is -0.752. The Balaban J connectivity index is 1.56. The van der Waals surface area contributed by atoms with Crippen LogP contribution in [0.25, 0.3) is 0 Å². The van der Waals surface area contributed by atoms with Crippen LogP contribution in [0.1, 0.15) is 40.2 Å². The molecule has 0 saturated carbocycles. The number of carbonyl (C=O) groups excluding carboxylic acids is 3. The van der Waals surface area contributed by atoms with Crippen LogP contribution in [0.2, 0.25) is 0 Å². The summed E-state index contributed by atoms with van der Waals surface area (Å²) in [6.45, 7) is 4.24. The van der Waals surface area contributed by atoms with E-state index in [2.05, 4.69) is 21.0 Å². The van der Waals surface area contributed by atoms with E-state index in [9.17, 15) is 14.4 Å². The maximum Gasteiger partial charge on any atom is 0.254 e. The lowest BCUT2D eigenvalue weighted by Gasteiger charge is -2.14. The molecule has 0 spiro atoms. The molecule has 8 nitrogen and oxygen atoms in total. The summed E-state index contributed by atoms with van der Waals surface area (Å²) in [5.41, 5.74) is 3.76. The Morgan fingerprint density at radius 2 is 2.00 bits per heavy atom. The van der Waals surface area contributed by atoms with Gasteiger partial charge in [-0.1, -0.05) is 12.1 Å². The van der Waals surface area contributed by atoms with Crippen LogP contribution in [0.4, 0.5) is 5.69 Å². The molecule has 8 heteroatoms. The molecule has 1 aromatic heterocycles. The highest BCUT2D eigenvalue weighted by Crippen LogP contribution is 2.19. The molecule has 1 aliphatic rings. The normalized spacial score (nSPS) is 16.2. The number of nitrogens with zero attached hydrogens (tertiary/aromatic N) is 2. The molecular formula is C19H23N5O3. The van der Waals surface area contributed by atoms with E-state index in [1.807, 2.05) is 20.9 Å². The van der Waals surface area contributed by atoms with Gasteiger partial charge >= 0.3 is 0 Å². The number of fused-ring (bicyclic) bond motifs is 1. The van der Waals surface area contributed by atoms with E-state index >= 15 is 0 Å². The second-order valence-electron chi connectivity index (χ2n) is 6.65. The molecule has 3 rings (SSSR count). The molecule has 3 amide bonds. The Kier molecular flexibility index (Phi) is 5.25. The Hall–Kier alpha value is -3.16. The number of aromatic nitrogens is 2. The highest BCUT2D eigenvalue weighted by Gasteiger charge is 2.27. The molecule has 1 aromatic carbocycles. The fourth-order valence-corrected chi connectivity index (χ4v) is 3.14. The molecule has 0 radical (unpaired) electrons. The molecular weight excluding hydrogens is 346 g/mol. The van der Waals surface area contributed by atoms with Gasteiger partial charge in [0.15, 0.2) is 0 Å². The standard InChI is InChI=1S/C19H23N5O3/c1-11-14(12(2)24(3)23-11)10-20-17(25)9-8-16-19(27)21-15-7-5-4-6-13(15)18(26)22-16/h4-7,16H,8-10H2,1-3H3,(H,20,25)(H,21,27)(H,22,26). The van der Waals surface area contributed by atoms with E-state index in [4.69, 9.17) is 0 Å². The molecule has 1 aliphatic heterocycles. The molecule has 1 atom stereocenters. The minimum absolute atomic E-state index is 0.132. The Morgan fingerprint density at radius 1 is 1.26 bits per heavy atom. The second kappa shape index (κ2) is 7.61. The van der Waals surface area contributed by atoms with Crippen molar-refractivity contribution in [3.05, 3.63) is 46.8 Å². The number of aryl methyl sites for hydroxylation is 2. The number of nitrogens with one attached hydrogen (secondary N) is 3.